The molecule has 8 heteroatoms. The van der Waals surface area contributed by atoms with Crippen LogP contribution < -0.4 is 0 Å². The quantitative estimate of drug-likeness (QED) is 0.789. The number of benzene rings is 1. The SMILES string of the molecule is Cc1cccc(-c2noc(-c3c(Cl)c(C)nn3CC(=O)O)n2)c1. The number of aliphatic carboxylic acids is 1. The lowest BCUT2D eigenvalue weighted by Crippen LogP contribution is -2.11. The Morgan fingerprint density at radius 2 is 2.17 bits per heavy atom. The Morgan fingerprint density at radius 3 is 2.87 bits per heavy atom. The maximum Gasteiger partial charge on any atom is 0.325 e. The largest absolute Gasteiger partial charge is 0.480 e. The summed E-state index contributed by atoms with van der Waals surface area (Å²) >= 11 is 6.21. The predicted molar refractivity (Wildman–Crippen MR) is 83.1 cm³/mol. The first kappa shape index (κ1) is 15.2. The zero-order valence-electron chi connectivity index (χ0n) is 12.4. The van der Waals surface area contributed by atoms with Crippen LogP contribution in [0.2, 0.25) is 5.02 Å². The van der Waals surface area contributed by atoms with Gasteiger partial charge in [0.2, 0.25) is 5.82 Å². The third-order valence-electron chi connectivity index (χ3n) is 3.24. The highest BCUT2D eigenvalue weighted by Gasteiger charge is 2.22. The Kier molecular flexibility index (Phi) is 3.87. The standard InChI is InChI=1S/C15H13ClN4O3/c1-8-4-3-5-10(6-8)14-17-15(23-19-14)13-12(16)9(2)18-20(13)7-11(21)22/h3-6H,7H2,1-2H3,(H,21,22). The van der Waals surface area contributed by atoms with Crippen LogP contribution in [0.15, 0.2) is 28.8 Å². The van der Waals surface area contributed by atoms with Gasteiger partial charge in [-0.05, 0) is 19.9 Å². The fourth-order valence-electron chi connectivity index (χ4n) is 2.23. The Balaban J connectivity index is 2.05. The van der Waals surface area contributed by atoms with Gasteiger partial charge in [-0.15, -0.1) is 0 Å². The monoisotopic (exact) mass is 332 g/mol. The number of halogens is 1. The van der Waals surface area contributed by atoms with E-state index in [0.717, 1.165) is 11.1 Å². The summed E-state index contributed by atoms with van der Waals surface area (Å²) < 4.78 is 6.51. The van der Waals surface area contributed by atoms with E-state index in [1.165, 1.54) is 4.68 Å². The first-order valence-electron chi connectivity index (χ1n) is 6.81. The highest BCUT2D eigenvalue weighted by molar-refractivity contribution is 6.33. The molecule has 0 aliphatic rings. The summed E-state index contributed by atoms with van der Waals surface area (Å²) in [5.41, 5.74) is 2.67. The molecule has 0 radical (unpaired) electrons. The summed E-state index contributed by atoms with van der Waals surface area (Å²) in [5, 5.41) is 17.3. The van der Waals surface area contributed by atoms with Crippen LogP contribution in [-0.2, 0) is 11.3 Å². The second kappa shape index (κ2) is 5.85. The molecule has 0 spiro atoms. The van der Waals surface area contributed by atoms with Gasteiger partial charge in [0.15, 0.2) is 0 Å². The van der Waals surface area contributed by atoms with Crippen molar-refractivity contribution in [2.45, 2.75) is 20.4 Å². The van der Waals surface area contributed by atoms with Gasteiger partial charge < -0.3 is 9.63 Å². The lowest BCUT2D eigenvalue weighted by molar-refractivity contribution is -0.137. The smallest absolute Gasteiger partial charge is 0.325 e. The molecule has 7 nitrogen and oxygen atoms in total. The van der Waals surface area contributed by atoms with Gasteiger partial charge in [-0.2, -0.15) is 10.1 Å². The van der Waals surface area contributed by atoms with E-state index in [4.69, 9.17) is 21.2 Å². The second-order valence-corrected chi connectivity index (χ2v) is 5.47. The van der Waals surface area contributed by atoms with Crippen molar-refractivity contribution < 1.29 is 14.4 Å². The summed E-state index contributed by atoms with van der Waals surface area (Å²) in [4.78, 5) is 15.3. The van der Waals surface area contributed by atoms with E-state index in [-0.39, 0.29) is 12.4 Å². The molecular formula is C15H13ClN4O3. The molecule has 0 aliphatic heterocycles. The van der Waals surface area contributed by atoms with Gasteiger partial charge >= 0.3 is 5.97 Å². The van der Waals surface area contributed by atoms with E-state index in [2.05, 4.69) is 15.2 Å². The van der Waals surface area contributed by atoms with Crippen LogP contribution in [0.5, 0.6) is 0 Å². The average Bonchev–Trinajstić information content (AvgIpc) is 3.05. The molecule has 2 aromatic heterocycles. The van der Waals surface area contributed by atoms with Crippen molar-refractivity contribution in [1.29, 1.82) is 0 Å². The average molecular weight is 333 g/mol. The number of carboxylic acid groups (broad SMARTS) is 1. The molecule has 0 amide bonds. The summed E-state index contributed by atoms with van der Waals surface area (Å²) in [5.74, 6) is -0.502. The molecule has 0 saturated heterocycles. The zero-order valence-corrected chi connectivity index (χ0v) is 13.2. The molecular weight excluding hydrogens is 320 g/mol. The summed E-state index contributed by atoms with van der Waals surface area (Å²) in [6.07, 6.45) is 0. The van der Waals surface area contributed by atoms with E-state index in [1.54, 1.807) is 6.92 Å². The summed E-state index contributed by atoms with van der Waals surface area (Å²) in [6.45, 7) is 3.31. The number of rotatable bonds is 4. The molecule has 0 bridgehead atoms. The molecule has 0 atom stereocenters. The molecule has 23 heavy (non-hydrogen) atoms. The minimum atomic E-state index is -1.04. The van der Waals surface area contributed by atoms with Crippen molar-refractivity contribution in [1.82, 2.24) is 19.9 Å². The van der Waals surface area contributed by atoms with Gasteiger partial charge in [0.1, 0.15) is 12.2 Å². The van der Waals surface area contributed by atoms with Gasteiger partial charge in [0, 0.05) is 5.56 Å². The van der Waals surface area contributed by atoms with Gasteiger partial charge in [0.25, 0.3) is 5.89 Å². The Hall–Kier alpha value is -2.67. The zero-order chi connectivity index (χ0) is 16.6. The lowest BCUT2D eigenvalue weighted by Gasteiger charge is -2.00. The third-order valence-corrected chi connectivity index (χ3v) is 3.70. The van der Waals surface area contributed by atoms with Crippen molar-refractivity contribution in [3.63, 3.8) is 0 Å². The van der Waals surface area contributed by atoms with E-state index in [9.17, 15) is 4.79 Å². The molecule has 1 aromatic carbocycles. The van der Waals surface area contributed by atoms with E-state index < -0.39 is 5.97 Å². The van der Waals surface area contributed by atoms with Crippen LogP contribution >= 0.6 is 11.6 Å². The molecule has 118 valence electrons. The highest BCUT2D eigenvalue weighted by atomic mass is 35.5. The van der Waals surface area contributed by atoms with Gasteiger partial charge in [-0.1, -0.05) is 40.5 Å². The molecule has 2 heterocycles. The maximum atomic E-state index is 11.0. The van der Waals surface area contributed by atoms with E-state index in [1.807, 2.05) is 31.2 Å². The minimum Gasteiger partial charge on any atom is -0.480 e. The van der Waals surface area contributed by atoms with Crippen LogP contribution in [0.4, 0.5) is 0 Å². The van der Waals surface area contributed by atoms with Crippen molar-refractivity contribution in [3.8, 4) is 23.0 Å². The van der Waals surface area contributed by atoms with Crippen molar-refractivity contribution >= 4 is 17.6 Å². The van der Waals surface area contributed by atoms with Crippen molar-refractivity contribution in [3.05, 3.63) is 40.5 Å². The van der Waals surface area contributed by atoms with Crippen LogP contribution in [0.1, 0.15) is 11.3 Å². The van der Waals surface area contributed by atoms with Crippen LogP contribution in [0.3, 0.4) is 0 Å². The summed E-state index contributed by atoms with van der Waals surface area (Å²) in [6, 6.07) is 7.65. The Bertz CT molecular complexity index is 885. The van der Waals surface area contributed by atoms with Gasteiger partial charge in [0.05, 0.1) is 10.7 Å². The minimum absolute atomic E-state index is 0.133. The Morgan fingerprint density at radius 1 is 1.39 bits per heavy atom. The normalized spacial score (nSPS) is 10.9. The van der Waals surface area contributed by atoms with Gasteiger partial charge in [-0.25, -0.2) is 4.68 Å². The highest BCUT2D eigenvalue weighted by Crippen LogP contribution is 2.31. The number of aromatic nitrogens is 4. The molecule has 0 fully saturated rings. The fourth-order valence-corrected chi connectivity index (χ4v) is 2.44. The molecule has 0 saturated carbocycles. The molecule has 3 rings (SSSR count). The van der Waals surface area contributed by atoms with E-state index >= 15 is 0 Å². The number of carboxylic acids is 1. The first-order valence-corrected chi connectivity index (χ1v) is 7.19. The lowest BCUT2D eigenvalue weighted by atomic mass is 10.1. The number of hydrogen-bond acceptors (Lipinski definition) is 5. The maximum absolute atomic E-state index is 11.0. The number of aryl methyl sites for hydroxylation is 2. The second-order valence-electron chi connectivity index (χ2n) is 5.09. The number of hydrogen-bond donors (Lipinski definition) is 1. The van der Waals surface area contributed by atoms with Crippen LogP contribution in [-0.4, -0.2) is 31.0 Å². The van der Waals surface area contributed by atoms with Crippen LogP contribution in [0, 0.1) is 13.8 Å². The molecule has 3 aromatic rings. The van der Waals surface area contributed by atoms with Gasteiger partial charge in [-0.3, -0.25) is 4.79 Å². The van der Waals surface area contributed by atoms with Crippen molar-refractivity contribution in [2.75, 3.05) is 0 Å². The van der Waals surface area contributed by atoms with E-state index in [0.29, 0.717) is 22.2 Å². The number of carbonyl (C=O) groups is 1. The number of nitrogens with zero attached hydrogens (tertiary/aromatic N) is 4. The topological polar surface area (TPSA) is 94.0 Å². The molecule has 1 N–H and O–H groups in total. The molecule has 0 aliphatic carbocycles. The fraction of sp³-hybridized carbons (Fsp3) is 0.200. The summed E-state index contributed by atoms with van der Waals surface area (Å²) in [7, 11) is 0. The van der Waals surface area contributed by atoms with Crippen molar-refractivity contribution in [2.24, 2.45) is 0 Å². The third kappa shape index (κ3) is 2.95. The Labute approximate surface area is 136 Å². The first-order chi connectivity index (χ1) is 11.0. The molecule has 0 unspecified atom stereocenters. The van der Waals surface area contributed by atoms with Crippen LogP contribution in [0.25, 0.3) is 23.0 Å². The predicted octanol–water partition coefficient (Wildman–Crippen LogP) is 2.95.